The van der Waals surface area contributed by atoms with Gasteiger partial charge in [-0.1, -0.05) is 48.5 Å². The van der Waals surface area contributed by atoms with Crippen LogP contribution in [0, 0.1) is 0 Å². The van der Waals surface area contributed by atoms with E-state index in [2.05, 4.69) is 16.3 Å². The first-order valence-corrected chi connectivity index (χ1v) is 5.83. The number of nitrogens with two attached hydrogens (primary N) is 3. The molecular formula is C13H18BHgN3O3. The number of hydrogen-bond acceptors (Lipinski definition) is 6. The number of benzene rings is 2. The van der Waals surface area contributed by atoms with E-state index in [-0.39, 0.29) is 27.7 Å². The molecule has 0 saturated carbocycles. The zero-order valence-corrected chi connectivity index (χ0v) is 17.2. The molecule has 0 aromatic heterocycles. The van der Waals surface area contributed by atoms with Crippen molar-refractivity contribution in [2.75, 3.05) is 0 Å². The molecule has 0 aliphatic rings. The van der Waals surface area contributed by atoms with Crippen LogP contribution in [0.15, 0.2) is 60.7 Å². The van der Waals surface area contributed by atoms with Crippen molar-refractivity contribution >= 4 is 7.32 Å². The molecule has 0 aliphatic heterocycles. The van der Waals surface area contributed by atoms with E-state index in [1.54, 1.807) is 30.3 Å². The van der Waals surface area contributed by atoms with Gasteiger partial charge in [0, 0.05) is 6.54 Å². The first-order valence-electron chi connectivity index (χ1n) is 5.83. The van der Waals surface area contributed by atoms with Gasteiger partial charge in [0.1, 0.15) is 7.32 Å². The van der Waals surface area contributed by atoms with Gasteiger partial charge >= 0.3 is 27.7 Å². The standard InChI is InChI=1S/C7H9N.C6H5BO3.Hg.H4N2/c8-6-7-4-2-1-3-5-7;8-7(9)10-6-4-2-1-3-5-6;;1-2/h1-5H,6,8H2;1-5H;;1-2H2/q;-2;+2;. The summed E-state index contributed by atoms with van der Waals surface area (Å²) >= 11 is 0. The van der Waals surface area contributed by atoms with Crippen LogP contribution in [-0.4, -0.2) is 7.32 Å². The number of hydrazine groups is 1. The summed E-state index contributed by atoms with van der Waals surface area (Å²) in [7, 11) is -2.23. The number of para-hydroxylation sites is 1. The molecule has 0 atom stereocenters. The maximum atomic E-state index is 9.92. The van der Waals surface area contributed by atoms with Crippen molar-refractivity contribution in [1.82, 2.24) is 0 Å². The summed E-state index contributed by atoms with van der Waals surface area (Å²) in [6.45, 7) is 0.640. The minimum atomic E-state index is -2.23. The van der Waals surface area contributed by atoms with Crippen molar-refractivity contribution in [3.05, 3.63) is 66.2 Å². The SMILES string of the molecule is NCc1ccccc1.NN.[Hg+2].[O-]B([O-])Oc1ccccc1. The van der Waals surface area contributed by atoms with E-state index in [1.807, 2.05) is 30.3 Å². The molecule has 0 radical (unpaired) electrons. The summed E-state index contributed by atoms with van der Waals surface area (Å²) in [5.74, 6) is 8.32. The molecule has 0 saturated heterocycles. The van der Waals surface area contributed by atoms with Crippen LogP contribution in [0.4, 0.5) is 0 Å². The van der Waals surface area contributed by atoms with Gasteiger partial charge in [0.15, 0.2) is 0 Å². The summed E-state index contributed by atoms with van der Waals surface area (Å²) in [5, 5.41) is 19.8. The third kappa shape index (κ3) is 12.5. The maximum Gasteiger partial charge on any atom is 2.00 e. The Morgan fingerprint density at radius 2 is 1.29 bits per heavy atom. The molecule has 2 aromatic rings. The van der Waals surface area contributed by atoms with Crippen LogP contribution in [0.3, 0.4) is 0 Å². The molecule has 0 heterocycles. The first-order chi connectivity index (χ1) is 9.72. The van der Waals surface area contributed by atoms with Gasteiger partial charge in [-0.2, -0.15) is 0 Å². The van der Waals surface area contributed by atoms with Gasteiger partial charge in [-0.15, -0.1) is 0 Å². The van der Waals surface area contributed by atoms with Crippen LogP contribution < -0.4 is 32.1 Å². The van der Waals surface area contributed by atoms with Gasteiger partial charge in [-0.3, -0.25) is 11.7 Å². The van der Waals surface area contributed by atoms with Crippen LogP contribution in [0.2, 0.25) is 0 Å². The van der Waals surface area contributed by atoms with Crippen LogP contribution in [0.25, 0.3) is 0 Å². The Morgan fingerprint density at radius 1 is 0.857 bits per heavy atom. The summed E-state index contributed by atoms with van der Waals surface area (Å²) in [5.41, 5.74) is 6.54. The molecule has 0 bridgehead atoms. The molecular weight excluding hydrogens is 458 g/mol. The van der Waals surface area contributed by atoms with Crippen molar-refractivity contribution < 1.29 is 42.4 Å². The summed E-state index contributed by atoms with van der Waals surface area (Å²) in [6, 6.07) is 18.3. The molecule has 2 rings (SSSR count). The Bertz CT molecular complexity index is 435. The van der Waals surface area contributed by atoms with Crippen molar-refractivity contribution in [3.63, 3.8) is 0 Å². The Morgan fingerprint density at radius 3 is 1.62 bits per heavy atom. The third-order valence-electron chi connectivity index (χ3n) is 2.05. The molecule has 0 unspecified atom stereocenters. The normalized spacial score (nSPS) is 8.05. The van der Waals surface area contributed by atoms with Crippen molar-refractivity contribution in [2.24, 2.45) is 17.4 Å². The molecule has 0 fully saturated rings. The molecule has 8 heteroatoms. The van der Waals surface area contributed by atoms with Gasteiger partial charge in [-0.25, -0.2) is 0 Å². The minimum Gasteiger partial charge on any atom is -0.860 e. The second-order valence-corrected chi connectivity index (χ2v) is 3.41. The Kier molecular flexibility index (Phi) is 16.4. The second-order valence-electron chi connectivity index (χ2n) is 3.41. The van der Waals surface area contributed by atoms with E-state index in [0.717, 1.165) is 0 Å². The van der Waals surface area contributed by atoms with E-state index in [1.165, 1.54) is 5.56 Å². The van der Waals surface area contributed by atoms with Crippen molar-refractivity contribution in [1.29, 1.82) is 0 Å². The molecule has 108 valence electrons. The van der Waals surface area contributed by atoms with Gasteiger partial charge in [0.2, 0.25) is 0 Å². The number of hydrogen-bond donors (Lipinski definition) is 3. The van der Waals surface area contributed by atoms with E-state index >= 15 is 0 Å². The second kappa shape index (κ2) is 15.4. The maximum absolute atomic E-state index is 9.92. The smallest absolute Gasteiger partial charge is 0.860 e. The largest absolute Gasteiger partial charge is 2.00 e. The fourth-order valence-corrected chi connectivity index (χ4v) is 1.22. The van der Waals surface area contributed by atoms with Crippen LogP contribution in [-0.2, 0) is 34.2 Å². The predicted molar refractivity (Wildman–Crippen MR) is 75.5 cm³/mol. The van der Waals surface area contributed by atoms with Crippen LogP contribution >= 0.6 is 0 Å². The van der Waals surface area contributed by atoms with E-state index in [4.69, 9.17) is 5.73 Å². The van der Waals surface area contributed by atoms with Crippen LogP contribution in [0.1, 0.15) is 5.56 Å². The average molecular weight is 476 g/mol. The zero-order chi connectivity index (χ0) is 15.2. The summed E-state index contributed by atoms with van der Waals surface area (Å²) < 4.78 is 4.30. The molecule has 21 heavy (non-hydrogen) atoms. The van der Waals surface area contributed by atoms with Gasteiger partial charge in [-0.05, 0) is 17.7 Å². The molecule has 0 amide bonds. The Hall–Kier alpha value is -0.960. The Balaban J connectivity index is 0. The fraction of sp³-hybridized carbons (Fsp3) is 0.0769. The monoisotopic (exact) mass is 477 g/mol. The topological polar surface area (TPSA) is 133 Å². The van der Waals surface area contributed by atoms with E-state index in [9.17, 15) is 10.0 Å². The van der Waals surface area contributed by atoms with E-state index < -0.39 is 7.32 Å². The predicted octanol–water partition coefficient (Wildman–Crippen LogP) is -1.27. The quantitative estimate of drug-likeness (QED) is 0.288. The zero-order valence-electron chi connectivity index (χ0n) is 11.7. The minimum absolute atomic E-state index is 0. The van der Waals surface area contributed by atoms with Gasteiger partial charge in [0.05, 0.1) is 5.75 Å². The molecule has 0 spiro atoms. The first kappa shape index (κ1) is 22.3. The van der Waals surface area contributed by atoms with E-state index in [0.29, 0.717) is 12.3 Å². The van der Waals surface area contributed by atoms with Gasteiger partial charge in [0.25, 0.3) is 0 Å². The summed E-state index contributed by atoms with van der Waals surface area (Å²) in [4.78, 5) is 0. The average Bonchev–Trinajstić information content (AvgIpc) is 2.51. The molecule has 2 aromatic carbocycles. The fourth-order valence-electron chi connectivity index (χ4n) is 1.22. The third-order valence-corrected chi connectivity index (χ3v) is 2.05. The molecule has 0 aliphatic carbocycles. The van der Waals surface area contributed by atoms with Gasteiger partial charge < -0.3 is 20.4 Å². The Labute approximate surface area is 145 Å². The van der Waals surface area contributed by atoms with Crippen molar-refractivity contribution in [3.8, 4) is 5.75 Å². The number of rotatable bonds is 3. The van der Waals surface area contributed by atoms with Crippen LogP contribution in [0.5, 0.6) is 5.75 Å². The molecule has 6 N–H and O–H groups in total. The van der Waals surface area contributed by atoms with Crippen molar-refractivity contribution in [2.45, 2.75) is 6.54 Å². The summed E-state index contributed by atoms with van der Waals surface area (Å²) in [6.07, 6.45) is 0. The molecule has 6 nitrogen and oxygen atoms in total.